The molecule has 0 spiro atoms. The summed E-state index contributed by atoms with van der Waals surface area (Å²) in [5.74, 6) is 0. The molecule has 2 aromatic rings. The molecule has 0 aliphatic rings. The average Bonchev–Trinajstić information content (AvgIpc) is 2.68. The molecule has 1 heterocycles. The molecule has 0 amide bonds. The summed E-state index contributed by atoms with van der Waals surface area (Å²) in [5, 5.41) is 13.1. The van der Waals surface area contributed by atoms with Crippen LogP contribution < -0.4 is 0 Å². The van der Waals surface area contributed by atoms with E-state index in [9.17, 15) is 5.11 Å². The number of rotatable bonds is 2. The fourth-order valence-electron chi connectivity index (χ4n) is 1.22. The Morgan fingerprint density at radius 2 is 2.12 bits per heavy atom. The lowest BCUT2D eigenvalue weighted by Crippen LogP contribution is -1.98. The number of nitrogens with zero attached hydrogens (tertiary/aromatic N) is 1. The van der Waals surface area contributed by atoms with Gasteiger partial charge in [-0.25, -0.2) is 4.98 Å². The number of thiazole rings is 1. The first-order valence-corrected chi connectivity index (χ1v) is 7.16. The second-order valence-corrected chi connectivity index (χ2v) is 6.05. The van der Waals surface area contributed by atoms with Gasteiger partial charge in [-0.1, -0.05) is 17.7 Å². The minimum absolute atomic E-state index is 0.576. The van der Waals surface area contributed by atoms with Gasteiger partial charge < -0.3 is 5.11 Å². The van der Waals surface area contributed by atoms with Gasteiger partial charge in [-0.05, 0) is 49.6 Å². The Hall–Kier alpha value is 0.0600. The van der Waals surface area contributed by atoms with Crippen LogP contribution in [0.3, 0.4) is 0 Å². The summed E-state index contributed by atoms with van der Waals surface area (Å²) >= 11 is 13.9. The summed E-state index contributed by atoms with van der Waals surface area (Å²) in [5.41, 5.74) is 0.732. The molecule has 2 nitrogen and oxygen atoms in total. The largest absolute Gasteiger partial charge is 0.381 e. The Morgan fingerprint density at radius 3 is 2.69 bits per heavy atom. The molecule has 1 atom stereocenters. The minimum atomic E-state index is -0.734. The third kappa shape index (κ3) is 2.65. The van der Waals surface area contributed by atoms with Gasteiger partial charge in [0.2, 0.25) is 0 Å². The molecule has 0 saturated carbocycles. The Kier molecular flexibility index (Phi) is 4.02. The van der Waals surface area contributed by atoms with Gasteiger partial charge in [-0.15, -0.1) is 11.3 Å². The van der Waals surface area contributed by atoms with E-state index in [0.717, 1.165) is 14.6 Å². The maximum Gasteiger partial charge on any atom is 0.131 e. The van der Waals surface area contributed by atoms with Crippen molar-refractivity contribution >= 4 is 54.8 Å². The highest BCUT2D eigenvalue weighted by Crippen LogP contribution is 2.30. The Morgan fingerprint density at radius 1 is 1.38 bits per heavy atom. The molecule has 0 fully saturated rings. The first kappa shape index (κ1) is 12.5. The molecule has 1 N–H and O–H groups in total. The van der Waals surface area contributed by atoms with Gasteiger partial charge in [0.15, 0.2) is 0 Å². The number of benzene rings is 1. The molecule has 0 bridgehead atoms. The molecular weight excluding hydrogens is 377 g/mol. The lowest BCUT2D eigenvalue weighted by Gasteiger charge is -2.08. The Bertz CT molecular complexity index is 517. The normalized spacial score (nSPS) is 12.8. The van der Waals surface area contributed by atoms with Gasteiger partial charge in [0.05, 0.1) is 5.02 Å². The Balaban J connectivity index is 2.33. The van der Waals surface area contributed by atoms with E-state index in [4.69, 9.17) is 11.6 Å². The average molecular weight is 383 g/mol. The molecule has 84 valence electrons. The molecule has 1 aromatic carbocycles. The number of aromatic nitrogens is 1. The molecule has 6 heteroatoms. The van der Waals surface area contributed by atoms with E-state index < -0.39 is 6.10 Å². The van der Waals surface area contributed by atoms with E-state index in [2.05, 4.69) is 36.8 Å². The van der Waals surface area contributed by atoms with E-state index in [1.54, 1.807) is 6.07 Å². The molecule has 2 rings (SSSR count). The van der Waals surface area contributed by atoms with E-state index in [-0.39, 0.29) is 0 Å². The van der Waals surface area contributed by atoms with Gasteiger partial charge in [-0.2, -0.15) is 0 Å². The van der Waals surface area contributed by atoms with Crippen LogP contribution in [-0.2, 0) is 0 Å². The molecule has 0 aliphatic heterocycles. The van der Waals surface area contributed by atoms with Gasteiger partial charge >= 0.3 is 0 Å². The standard InChI is InChI=1S/C10H6Br2ClNOS/c11-6-2-1-5(3-7(6)13)9(15)10-14-8(12)4-16-10/h1-4,9,15H. The van der Waals surface area contributed by atoms with Crippen molar-refractivity contribution in [2.75, 3.05) is 0 Å². The number of hydrogen-bond donors (Lipinski definition) is 1. The van der Waals surface area contributed by atoms with Crippen LogP contribution in [0.1, 0.15) is 16.7 Å². The first-order valence-electron chi connectivity index (χ1n) is 4.32. The lowest BCUT2D eigenvalue weighted by molar-refractivity contribution is 0.219. The van der Waals surface area contributed by atoms with Crippen molar-refractivity contribution < 1.29 is 5.11 Å². The topological polar surface area (TPSA) is 33.1 Å². The maximum atomic E-state index is 10.1. The smallest absolute Gasteiger partial charge is 0.131 e. The van der Waals surface area contributed by atoms with E-state index in [1.807, 2.05) is 17.5 Å². The maximum absolute atomic E-state index is 10.1. The lowest BCUT2D eigenvalue weighted by atomic mass is 10.1. The Labute approximate surface area is 119 Å². The highest BCUT2D eigenvalue weighted by Gasteiger charge is 2.15. The van der Waals surface area contributed by atoms with E-state index in [0.29, 0.717) is 10.0 Å². The van der Waals surface area contributed by atoms with Crippen molar-refractivity contribution in [3.05, 3.63) is 48.2 Å². The fraction of sp³-hybridized carbons (Fsp3) is 0.100. The van der Waals surface area contributed by atoms with Gasteiger partial charge in [-0.3, -0.25) is 0 Å². The number of aliphatic hydroxyl groups is 1. The highest BCUT2D eigenvalue weighted by molar-refractivity contribution is 9.10. The van der Waals surface area contributed by atoms with E-state index >= 15 is 0 Å². The van der Waals surface area contributed by atoms with Crippen molar-refractivity contribution in [1.29, 1.82) is 0 Å². The summed E-state index contributed by atoms with van der Waals surface area (Å²) in [6, 6.07) is 5.35. The third-order valence-corrected chi connectivity index (χ3v) is 4.83. The van der Waals surface area contributed by atoms with Gasteiger partial charge in [0.1, 0.15) is 15.7 Å². The monoisotopic (exact) mass is 381 g/mol. The molecule has 16 heavy (non-hydrogen) atoms. The molecule has 1 aromatic heterocycles. The van der Waals surface area contributed by atoms with Crippen molar-refractivity contribution in [1.82, 2.24) is 4.98 Å². The summed E-state index contributed by atoms with van der Waals surface area (Å²) in [7, 11) is 0. The van der Waals surface area contributed by atoms with Crippen LogP contribution in [0.15, 0.2) is 32.7 Å². The quantitative estimate of drug-likeness (QED) is 0.834. The van der Waals surface area contributed by atoms with Crippen LogP contribution in [0.25, 0.3) is 0 Å². The van der Waals surface area contributed by atoms with Crippen LogP contribution in [0.5, 0.6) is 0 Å². The van der Waals surface area contributed by atoms with Crippen LogP contribution >= 0.6 is 54.8 Å². The highest BCUT2D eigenvalue weighted by atomic mass is 79.9. The first-order chi connectivity index (χ1) is 7.58. The van der Waals surface area contributed by atoms with Crippen LogP contribution in [0.4, 0.5) is 0 Å². The number of aliphatic hydroxyl groups excluding tert-OH is 1. The molecule has 0 aliphatic carbocycles. The molecule has 0 saturated heterocycles. The number of hydrogen-bond acceptors (Lipinski definition) is 3. The zero-order chi connectivity index (χ0) is 11.7. The van der Waals surface area contributed by atoms with Crippen molar-refractivity contribution in [2.45, 2.75) is 6.10 Å². The van der Waals surface area contributed by atoms with E-state index in [1.165, 1.54) is 11.3 Å². The van der Waals surface area contributed by atoms with Crippen molar-refractivity contribution in [3.63, 3.8) is 0 Å². The van der Waals surface area contributed by atoms with Crippen LogP contribution in [-0.4, -0.2) is 10.1 Å². The summed E-state index contributed by atoms with van der Waals surface area (Å²) in [4.78, 5) is 4.17. The third-order valence-electron chi connectivity index (χ3n) is 1.99. The molecular formula is C10H6Br2ClNOS. The minimum Gasteiger partial charge on any atom is -0.381 e. The SMILES string of the molecule is OC(c1ccc(Br)c(Cl)c1)c1nc(Br)cs1. The van der Waals surface area contributed by atoms with Gasteiger partial charge in [0.25, 0.3) is 0 Å². The summed E-state index contributed by atoms with van der Waals surface area (Å²) in [6.07, 6.45) is -0.734. The number of halogens is 3. The molecule has 0 radical (unpaired) electrons. The zero-order valence-electron chi connectivity index (χ0n) is 7.82. The second kappa shape index (κ2) is 5.14. The fourth-order valence-corrected chi connectivity index (χ4v) is 2.93. The predicted molar refractivity (Wildman–Crippen MR) is 73.0 cm³/mol. The van der Waals surface area contributed by atoms with Crippen molar-refractivity contribution in [2.24, 2.45) is 0 Å². The second-order valence-electron chi connectivity index (χ2n) is 3.08. The van der Waals surface area contributed by atoms with Crippen LogP contribution in [0, 0.1) is 0 Å². The summed E-state index contributed by atoms with van der Waals surface area (Å²) < 4.78 is 1.54. The zero-order valence-corrected chi connectivity index (χ0v) is 12.6. The van der Waals surface area contributed by atoms with Gasteiger partial charge in [0, 0.05) is 9.85 Å². The molecule has 1 unspecified atom stereocenters. The van der Waals surface area contributed by atoms with Crippen LogP contribution in [0.2, 0.25) is 5.02 Å². The predicted octanol–water partition coefficient (Wildman–Crippen LogP) is 4.40. The van der Waals surface area contributed by atoms with Crippen molar-refractivity contribution in [3.8, 4) is 0 Å². The summed E-state index contributed by atoms with van der Waals surface area (Å²) in [6.45, 7) is 0.